The van der Waals surface area contributed by atoms with Gasteiger partial charge in [-0.2, -0.15) is 0 Å². The number of H-pyrrole nitrogens is 1. The summed E-state index contributed by atoms with van der Waals surface area (Å²) in [6, 6.07) is 21.9. The van der Waals surface area contributed by atoms with Crippen LogP contribution in [0.15, 0.2) is 78.9 Å². The Hall–Kier alpha value is -5.21. The quantitative estimate of drug-likeness (QED) is 0.0730. The van der Waals surface area contributed by atoms with Crippen LogP contribution in [0.5, 0.6) is 5.75 Å². The number of aryl methyl sites for hydroxylation is 1. The molecule has 68 heavy (non-hydrogen) atoms. The molecule has 1 saturated carbocycles. The molecule has 2 N–H and O–H groups in total. The van der Waals surface area contributed by atoms with Gasteiger partial charge in [-0.3, -0.25) is 19.4 Å². The molecule has 0 radical (unpaired) electrons. The highest BCUT2D eigenvalue weighted by atomic mass is 16.6. The molecule has 2 saturated heterocycles. The fraction of sp³-hybridized carbons (Fsp3) is 0.545. The van der Waals surface area contributed by atoms with Crippen molar-refractivity contribution in [1.82, 2.24) is 14.8 Å². The monoisotopic (exact) mass is 928 g/mol. The Kier molecular flexibility index (Phi) is 11.5. The molecule has 3 aromatic carbocycles. The van der Waals surface area contributed by atoms with Gasteiger partial charge in [-0.05, 0) is 99.7 Å². The van der Waals surface area contributed by atoms with E-state index in [1.165, 1.54) is 26.7 Å². The Bertz CT molecular complexity index is 2660. The maximum absolute atomic E-state index is 15.9. The molecule has 6 heterocycles. The zero-order chi connectivity index (χ0) is 48.1. The van der Waals surface area contributed by atoms with Crippen LogP contribution in [-0.4, -0.2) is 128 Å². The largest absolute Gasteiger partial charge is 0.496 e. The van der Waals surface area contributed by atoms with Crippen LogP contribution in [0.25, 0.3) is 10.9 Å². The minimum atomic E-state index is -2.31. The lowest BCUT2D eigenvalue weighted by Gasteiger charge is -2.63. The predicted molar refractivity (Wildman–Crippen MR) is 259 cm³/mol. The number of nitrogens with zero attached hydrogens (tertiary/aromatic N) is 3. The molecule has 1 aliphatic carbocycles. The maximum Gasteiger partial charge on any atom is 0.344 e. The number of carbonyl (C=O) groups is 3. The fourth-order valence-corrected chi connectivity index (χ4v) is 14.5. The third-order valence-corrected chi connectivity index (χ3v) is 18.0. The first kappa shape index (κ1) is 46.5. The van der Waals surface area contributed by atoms with Gasteiger partial charge >= 0.3 is 17.9 Å². The Morgan fingerprint density at radius 2 is 1.68 bits per heavy atom. The summed E-state index contributed by atoms with van der Waals surface area (Å²) in [7, 11) is 6.28. The van der Waals surface area contributed by atoms with Crippen LogP contribution in [0, 0.1) is 17.3 Å². The van der Waals surface area contributed by atoms with Crippen LogP contribution in [0.2, 0.25) is 0 Å². The zero-order valence-electron chi connectivity index (χ0n) is 41.1. The summed E-state index contributed by atoms with van der Waals surface area (Å²) in [6.45, 7) is 13.6. The Morgan fingerprint density at radius 1 is 0.956 bits per heavy atom. The number of aromatic amines is 1. The number of fused-ring (bicyclic) bond motifs is 4. The molecule has 13 heteroatoms. The molecule has 362 valence electrons. The maximum atomic E-state index is 15.9. The van der Waals surface area contributed by atoms with Gasteiger partial charge in [0.2, 0.25) is 5.60 Å². The molecule has 5 aliphatic heterocycles. The summed E-state index contributed by atoms with van der Waals surface area (Å²) in [5, 5.41) is 14.6. The van der Waals surface area contributed by atoms with Gasteiger partial charge in [0.25, 0.3) is 0 Å². The predicted octanol–water partition coefficient (Wildman–Crippen LogP) is 7.02. The molecule has 0 bridgehead atoms. The van der Waals surface area contributed by atoms with Crippen molar-refractivity contribution >= 4 is 34.5 Å². The Morgan fingerprint density at radius 3 is 2.35 bits per heavy atom. The molecule has 1 spiro atoms. The van der Waals surface area contributed by atoms with Crippen molar-refractivity contribution in [3.05, 3.63) is 107 Å². The van der Waals surface area contributed by atoms with Crippen molar-refractivity contribution in [1.29, 1.82) is 0 Å². The first-order valence-electron chi connectivity index (χ1n) is 24.6. The number of para-hydroxylation sites is 1. The van der Waals surface area contributed by atoms with E-state index in [1.54, 1.807) is 7.11 Å². The van der Waals surface area contributed by atoms with Crippen LogP contribution in [0.4, 0.5) is 5.69 Å². The number of esters is 3. The Labute approximate surface area is 400 Å². The van der Waals surface area contributed by atoms with Gasteiger partial charge in [-0.25, -0.2) is 4.79 Å². The molecular formula is C55H68N4O9. The number of benzene rings is 3. The van der Waals surface area contributed by atoms with E-state index in [0.29, 0.717) is 63.2 Å². The second-order valence-corrected chi connectivity index (χ2v) is 20.9. The topological polar surface area (TPSA) is 146 Å². The van der Waals surface area contributed by atoms with Crippen LogP contribution in [0.3, 0.4) is 0 Å². The first-order valence-corrected chi connectivity index (χ1v) is 24.6. The number of anilines is 1. The number of rotatable bonds is 10. The van der Waals surface area contributed by atoms with Gasteiger partial charge in [0, 0.05) is 83.9 Å². The standard InChI is InChI=1S/C55H68N4O9/c1-10-52-23-17-26-58-27-24-53(46(52)58)40-28-41(44(64-7)29-43(40)57(6)47(53)55(63,50(62)66-9)48(52)68-35(4)60)54(49(61)65-8)30-37(33(2)51(5)32-67-51)31-59(34(3)36-18-12-11-13-19-36)25-16-21-39-38-20-14-15-22-42(38)56-45(39)54/h11-15,17-20,22-23,28-29,33-34,37,46-48,56,63H,10,16,21,24-27,30-32H2,1-9H3/t33?,34-,37-,46-,47+,48+,51+,52+,53+,54-,55-/m0/s1. The average Bonchev–Trinajstić information content (AvgIpc) is 3.71. The lowest BCUT2D eigenvalue weighted by atomic mass is 9.47. The molecule has 4 aromatic rings. The number of likely N-dealkylation sites (N-methyl/N-ethyl adjacent to an activating group) is 1. The van der Waals surface area contributed by atoms with Crippen molar-refractivity contribution in [3.8, 4) is 5.75 Å². The fourth-order valence-electron chi connectivity index (χ4n) is 14.5. The average molecular weight is 929 g/mol. The highest BCUT2D eigenvalue weighted by Crippen LogP contribution is 2.68. The second kappa shape index (κ2) is 16.7. The number of epoxide rings is 1. The molecule has 13 nitrogen and oxygen atoms in total. The number of aliphatic hydroxyl groups is 1. The highest BCUT2D eigenvalue weighted by molar-refractivity contribution is 5.95. The summed E-state index contributed by atoms with van der Waals surface area (Å²) in [4.78, 5) is 54.5. The minimum absolute atomic E-state index is 0.0213. The van der Waals surface area contributed by atoms with E-state index in [0.717, 1.165) is 46.4 Å². The molecule has 6 aliphatic rings. The lowest BCUT2D eigenvalue weighted by molar-refractivity contribution is -0.228. The minimum Gasteiger partial charge on any atom is -0.496 e. The van der Waals surface area contributed by atoms with E-state index in [9.17, 15) is 14.7 Å². The van der Waals surface area contributed by atoms with Gasteiger partial charge < -0.3 is 38.7 Å². The number of hydrogen-bond acceptors (Lipinski definition) is 12. The van der Waals surface area contributed by atoms with Crippen LogP contribution >= 0.6 is 0 Å². The summed E-state index contributed by atoms with van der Waals surface area (Å²) >= 11 is 0. The molecule has 0 amide bonds. The van der Waals surface area contributed by atoms with E-state index in [2.05, 4.69) is 102 Å². The van der Waals surface area contributed by atoms with Crippen LogP contribution < -0.4 is 9.64 Å². The Balaban J connectivity index is 1.27. The molecular weight excluding hydrogens is 861 g/mol. The number of hydrogen-bond donors (Lipinski definition) is 2. The summed E-state index contributed by atoms with van der Waals surface area (Å²) in [6.07, 6.45) is 5.81. The van der Waals surface area contributed by atoms with Gasteiger partial charge in [0.05, 0.1) is 39.6 Å². The van der Waals surface area contributed by atoms with E-state index >= 15 is 4.79 Å². The summed E-state index contributed by atoms with van der Waals surface area (Å²) in [5.41, 5.74) is 0.233. The number of nitrogens with one attached hydrogen (secondary N) is 1. The number of carbonyl (C=O) groups excluding carboxylic acids is 3. The van der Waals surface area contributed by atoms with Crippen molar-refractivity contribution in [2.75, 3.05) is 66.1 Å². The van der Waals surface area contributed by atoms with Crippen molar-refractivity contribution < 1.29 is 43.2 Å². The normalized spacial score (nSPS) is 33.9. The van der Waals surface area contributed by atoms with E-state index < -0.39 is 51.9 Å². The van der Waals surface area contributed by atoms with Crippen LogP contribution in [0.1, 0.15) is 94.3 Å². The third kappa shape index (κ3) is 6.43. The van der Waals surface area contributed by atoms with E-state index in [-0.39, 0.29) is 29.5 Å². The summed E-state index contributed by atoms with van der Waals surface area (Å²) < 4.78 is 30.8. The SMILES string of the molecule is CC[C@]12C=CCN3CC[C@@]4(c5cc([C@@]6(C(=O)OC)C[C@H](C(C)[C@@]7(C)CO7)CN([C@@H](C)c7ccccc7)CCCc7c6[nH]c6ccccc76)c(OC)cc5N(C)[C@H]4[C@@](O)(C(=O)OC)[C@@H]1OC(C)=O)[C@@H]32. The van der Waals surface area contributed by atoms with Crippen molar-refractivity contribution in [2.45, 2.75) is 113 Å². The number of methoxy groups -OCH3 is 3. The molecule has 1 unspecified atom stereocenters. The third-order valence-electron chi connectivity index (χ3n) is 18.0. The van der Waals surface area contributed by atoms with E-state index in [1.807, 2.05) is 31.0 Å². The van der Waals surface area contributed by atoms with Crippen molar-refractivity contribution in [2.24, 2.45) is 17.3 Å². The smallest absolute Gasteiger partial charge is 0.344 e. The molecule has 11 atom stereocenters. The van der Waals surface area contributed by atoms with Gasteiger partial charge in [0.15, 0.2) is 6.10 Å². The van der Waals surface area contributed by atoms with Crippen molar-refractivity contribution in [3.63, 3.8) is 0 Å². The van der Waals surface area contributed by atoms with Gasteiger partial charge in [-0.1, -0.05) is 74.5 Å². The lowest BCUT2D eigenvalue weighted by Crippen LogP contribution is -2.81. The molecule has 10 rings (SSSR count). The number of ether oxygens (including phenoxy) is 5. The van der Waals surface area contributed by atoms with Gasteiger partial charge in [-0.15, -0.1) is 0 Å². The molecule has 3 fully saturated rings. The second-order valence-electron chi connectivity index (χ2n) is 20.9. The molecule has 1 aromatic heterocycles. The first-order chi connectivity index (χ1) is 32.6. The zero-order valence-corrected chi connectivity index (χ0v) is 41.1. The number of aromatic nitrogens is 1. The highest BCUT2D eigenvalue weighted by Gasteiger charge is 2.80. The van der Waals surface area contributed by atoms with Crippen LogP contribution in [-0.2, 0) is 50.6 Å². The van der Waals surface area contributed by atoms with E-state index in [4.69, 9.17) is 23.7 Å². The van der Waals surface area contributed by atoms with Gasteiger partial charge in [0.1, 0.15) is 11.2 Å². The summed E-state index contributed by atoms with van der Waals surface area (Å²) in [5.74, 6) is -1.48.